The van der Waals surface area contributed by atoms with E-state index in [0.29, 0.717) is 12.6 Å². The van der Waals surface area contributed by atoms with Crippen molar-refractivity contribution in [3.8, 4) is 17.6 Å². The van der Waals surface area contributed by atoms with Gasteiger partial charge in [-0.2, -0.15) is 0 Å². The third-order valence-electron chi connectivity index (χ3n) is 3.43. The molecule has 0 saturated heterocycles. The molecule has 0 atom stereocenters. The van der Waals surface area contributed by atoms with Crippen LogP contribution in [0.15, 0.2) is 18.2 Å². The molecule has 20 heavy (non-hydrogen) atoms. The van der Waals surface area contributed by atoms with Crippen molar-refractivity contribution < 1.29 is 9.84 Å². The molecule has 0 unspecified atom stereocenters. The third-order valence-corrected chi connectivity index (χ3v) is 3.43. The highest BCUT2D eigenvalue weighted by Crippen LogP contribution is 2.28. The first-order valence-electron chi connectivity index (χ1n) is 6.99. The van der Waals surface area contributed by atoms with Gasteiger partial charge in [-0.15, -0.1) is 0 Å². The fraction of sp³-hybridized carbons (Fsp3) is 0.500. The van der Waals surface area contributed by atoms with Crippen LogP contribution in [0.25, 0.3) is 0 Å². The van der Waals surface area contributed by atoms with Gasteiger partial charge in [0.05, 0.1) is 25.8 Å². The predicted molar refractivity (Wildman–Crippen MR) is 79.4 cm³/mol. The number of nitrogens with two attached hydrogens (primary N) is 1. The highest BCUT2D eigenvalue weighted by Gasteiger charge is 2.28. The van der Waals surface area contributed by atoms with Gasteiger partial charge in [0, 0.05) is 19.1 Å². The largest absolute Gasteiger partial charge is 0.495 e. The number of benzene rings is 1. The number of hydrogen-bond donors (Lipinski definition) is 2. The Kier molecular flexibility index (Phi) is 5.42. The second-order valence-electron chi connectivity index (χ2n) is 4.97. The van der Waals surface area contributed by atoms with E-state index in [4.69, 9.17) is 15.6 Å². The Morgan fingerprint density at radius 3 is 2.85 bits per heavy atom. The summed E-state index contributed by atoms with van der Waals surface area (Å²) in [5.41, 5.74) is 7.48. The summed E-state index contributed by atoms with van der Waals surface area (Å²) in [5.74, 6) is 6.68. The number of aliphatic hydroxyl groups is 1. The zero-order valence-electron chi connectivity index (χ0n) is 11.9. The van der Waals surface area contributed by atoms with Crippen LogP contribution in [0.2, 0.25) is 0 Å². The Labute approximate surface area is 120 Å². The van der Waals surface area contributed by atoms with Gasteiger partial charge in [-0.1, -0.05) is 17.9 Å². The van der Waals surface area contributed by atoms with Crippen LogP contribution in [0.4, 0.5) is 0 Å². The minimum Gasteiger partial charge on any atom is -0.495 e. The van der Waals surface area contributed by atoms with Gasteiger partial charge in [0.1, 0.15) is 5.75 Å². The molecular formula is C16H22N2O2. The molecule has 1 saturated carbocycles. The van der Waals surface area contributed by atoms with Crippen LogP contribution < -0.4 is 10.5 Å². The van der Waals surface area contributed by atoms with Gasteiger partial charge in [0.15, 0.2) is 0 Å². The van der Waals surface area contributed by atoms with Crippen LogP contribution >= 0.6 is 0 Å². The fourth-order valence-corrected chi connectivity index (χ4v) is 2.29. The first-order valence-corrected chi connectivity index (χ1v) is 6.99. The van der Waals surface area contributed by atoms with Gasteiger partial charge in [-0.05, 0) is 30.5 Å². The smallest absolute Gasteiger partial charge is 0.134 e. The summed E-state index contributed by atoms with van der Waals surface area (Å²) in [6.45, 7) is 2.10. The molecule has 0 amide bonds. The molecule has 1 aliphatic carbocycles. The van der Waals surface area contributed by atoms with Crippen molar-refractivity contribution in [2.24, 2.45) is 5.73 Å². The Morgan fingerprint density at radius 1 is 1.45 bits per heavy atom. The van der Waals surface area contributed by atoms with Gasteiger partial charge in [0.2, 0.25) is 0 Å². The van der Waals surface area contributed by atoms with Gasteiger partial charge in [0.25, 0.3) is 0 Å². The number of nitrogens with zero attached hydrogens (tertiary/aromatic N) is 1. The first-order chi connectivity index (χ1) is 9.78. The summed E-state index contributed by atoms with van der Waals surface area (Å²) >= 11 is 0. The van der Waals surface area contributed by atoms with E-state index in [2.05, 4.69) is 22.8 Å². The molecule has 108 valence electrons. The second kappa shape index (κ2) is 7.30. The molecule has 1 fully saturated rings. The lowest BCUT2D eigenvalue weighted by atomic mass is 10.1. The molecule has 4 heteroatoms. The van der Waals surface area contributed by atoms with E-state index in [1.807, 2.05) is 12.1 Å². The van der Waals surface area contributed by atoms with Crippen molar-refractivity contribution in [2.45, 2.75) is 25.4 Å². The zero-order valence-corrected chi connectivity index (χ0v) is 11.9. The lowest BCUT2D eigenvalue weighted by molar-refractivity contribution is 0.183. The van der Waals surface area contributed by atoms with E-state index < -0.39 is 0 Å². The van der Waals surface area contributed by atoms with Crippen LogP contribution in [0.5, 0.6) is 5.75 Å². The third kappa shape index (κ3) is 3.97. The molecule has 0 aromatic heterocycles. The van der Waals surface area contributed by atoms with E-state index in [-0.39, 0.29) is 6.61 Å². The summed E-state index contributed by atoms with van der Waals surface area (Å²) in [6, 6.07) is 6.68. The van der Waals surface area contributed by atoms with E-state index in [1.165, 1.54) is 18.4 Å². The molecule has 0 radical (unpaired) electrons. The van der Waals surface area contributed by atoms with Gasteiger partial charge >= 0.3 is 0 Å². The van der Waals surface area contributed by atoms with Crippen molar-refractivity contribution >= 4 is 0 Å². The monoisotopic (exact) mass is 274 g/mol. The van der Waals surface area contributed by atoms with Crippen molar-refractivity contribution in [1.82, 2.24) is 4.90 Å². The second-order valence-corrected chi connectivity index (χ2v) is 4.97. The fourth-order valence-electron chi connectivity index (χ4n) is 2.29. The van der Waals surface area contributed by atoms with Gasteiger partial charge in [-0.3, -0.25) is 4.90 Å². The molecule has 3 N–H and O–H groups in total. The molecule has 1 aromatic carbocycles. The average molecular weight is 274 g/mol. The van der Waals surface area contributed by atoms with Crippen molar-refractivity contribution in [3.05, 3.63) is 29.3 Å². The zero-order chi connectivity index (χ0) is 14.4. The van der Waals surface area contributed by atoms with Crippen molar-refractivity contribution in [2.75, 3.05) is 26.8 Å². The lowest BCUT2D eigenvalue weighted by Gasteiger charge is -2.21. The Hall–Kier alpha value is -1.54. The number of ether oxygens (including phenoxy) is 1. The van der Waals surface area contributed by atoms with E-state index in [0.717, 1.165) is 24.4 Å². The molecule has 1 aromatic rings. The maximum Gasteiger partial charge on any atom is 0.134 e. The average Bonchev–Trinajstić information content (AvgIpc) is 3.29. The standard InChI is InChI=1S/C16H22N2O2/c1-20-16-7-4-13(11-14(16)3-2-8-17)12-18(9-10-19)15-5-6-15/h4,7,11,15,19H,5-6,8-10,12,17H2,1H3. The van der Waals surface area contributed by atoms with E-state index >= 15 is 0 Å². The van der Waals surface area contributed by atoms with Gasteiger partial charge in [-0.25, -0.2) is 0 Å². The maximum atomic E-state index is 9.15. The van der Waals surface area contributed by atoms with Crippen LogP contribution in [0, 0.1) is 11.8 Å². The maximum absolute atomic E-state index is 9.15. The molecule has 4 nitrogen and oxygen atoms in total. The SMILES string of the molecule is COc1ccc(CN(CCO)C2CC2)cc1C#CCN. The summed E-state index contributed by atoms with van der Waals surface area (Å²) in [6.07, 6.45) is 2.46. The Balaban J connectivity index is 2.14. The topological polar surface area (TPSA) is 58.7 Å². The molecule has 0 heterocycles. The predicted octanol–water partition coefficient (Wildman–Crippen LogP) is 0.962. The summed E-state index contributed by atoms with van der Waals surface area (Å²) in [5, 5.41) is 9.15. The number of aliphatic hydroxyl groups excluding tert-OH is 1. The molecule has 2 rings (SSSR count). The number of methoxy groups -OCH3 is 1. The highest BCUT2D eigenvalue weighted by molar-refractivity contribution is 5.48. The number of rotatable bonds is 6. The Morgan fingerprint density at radius 2 is 2.25 bits per heavy atom. The molecule has 0 bridgehead atoms. The molecule has 0 aliphatic heterocycles. The first kappa shape index (κ1) is 14.9. The minimum atomic E-state index is 0.201. The van der Waals surface area contributed by atoms with Gasteiger partial charge < -0.3 is 15.6 Å². The molecule has 1 aliphatic rings. The Bertz CT molecular complexity index is 501. The van der Waals surface area contributed by atoms with E-state index in [1.54, 1.807) is 7.11 Å². The molecule has 0 spiro atoms. The van der Waals surface area contributed by atoms with Crippen LogP contribution in [0.3, 0.4) is 0 Å². The number of hydrogen-bond acceptors (Lipinski definition) is 4. The highest BCUT2D eigenvalue weighted by atomic mass is 16.5. The minimum absolute atomic E-state index is 0.201. The van der Waals surface area contributed by atoms with Crippen LogP contribution in [-0.2, 0) is 6.54 Å². The lowest BCUT2D eigenvalue weighted by Crippen LogP contribution is -2.28. The van der Waals surface area contributed by atoms with Crippen LogP contribution in [0.1, 0.15) is 24.0 Å². The molecular weight excluding hydrogens is 252 g/mol. The normalized spacial score (nSPS) is 14.0. The van der Waals surface area contributed by atoms with Crippen molar-refractivity contribution in [3.63, 3.8) is 0 Å². The van der Waals surface area contributed by atoms with E-state index in [9.17, 15) is 0 Å². The summed E-state index contributed by atoms with van der Waals surface area (Å²) < 4.78 is 5.31. The summed E-state index contributed by atoms with van der Waals surface area (Å²) in [7, 11) is 1.64. The summed E-state index contributed by atoms with van der Waals surface area (Å²) in [4.78, 5) is 2.32. The quantitative estimate of drug-likeness (QED) is 0.759. The van der Waals surface area contributed by atoms with Crippen molar-refractivity contribution in [1.29, 1.82) is 0 Å². The van der Waals surface area contributed by atoms with Crippen LogP contribution in [-0.4, -0.2) is 42.9 Å².